The number of nitrogens with zero attached hydrogens (tertiary/aromatic N) is 1. The van der Waals surface area contributed by atoms with Crippen LogP contribution >= 0.6 is 11.3 Å². The molecule has 1 aliphatic heterocycles. The van der Waals surface area contributed by atoms with Crippen molar-refractivity contribution in [3.63, 3.8) is 0 Å². The molecule has 5 nitrogen and oxygen atoms in total. The summed E-state index contributed by atoms with van der Waals surface area (Å²) in [6.07, 6.45) is 1.83. The van der Waals surface area contributed by atoms with E-state index in [4.69, 9.17) is 0 Å². The minimum atomic E-state index is -3.60. The van der Waals surface area contributed by atoms with E-state index in [-0.39, 0.29) is 16.7 Å². The fraction of sp³-hybridized carbons (Fsp3) is 0.312. The summed E-state index contributed by atoms with van der Waals surface area (Å²) in [4.78, 5) is 14.1. The van der Waals surface area contributed by atoms with Crippen LogP contribution in [-0.2, 0) is 27.8 Å². The number of aryl methyl sites for hydroxylation is 1. The van der Waals surface area contributed by atoms with Gasteiger partial charge in [-0.3, -0.25) is 4.79 Å². The Morgan fingerprint density at radius 3 is 2.70 bits per heavy atom. The van der Waals surface area contributed by atoms with E-state index in [1.54, 1.807) is 16.3 Å². The summed E-state index contributed by atoms with van der Waals surface area (Å²) in [7, 11) is -3.60. The molecule has 0 radical (unpaired) electrons. The third-order valence-corrected chi connectivity index (χ3v) is 6.68. The van der Waals surface area contributed by atoms with Crippen LogP contribution in [0.2, 0.25) is 0 Å². The van der Waals surface area contributed by atoms with Crippen LogP contribution in [0.4, 0.5) is 0 Å². The van der Waals surface area contributed by atoms with Crippen molar-refractivity contribution in [1.29, 1.82) is 0 Å². The molecular weight excluding hydrogens is 332 g/mol. The van der Waals surface area contributed by atoms with Crippen LogP contribution in [0.5, 0.6) is 0 Å². The number of carbonyl (C=O) groups is 1. The number of nitrogens with one attached hydrogen (secondary N) is 1. The number of amides is 1. The van der Waals surface area contributed by atoms with Crippen LogP contribution in [0.25, 0.3) is 0 Å². The van der Waals surface area contributed by atoms with Crippen molar-refractivity contribution >= 4 is 27.3 Å². The van der Waals surface area contributed by atoms with Gasteiger partial charge in [0.25, 0.3) is 10.0 Å². The number of carbonyl (C=O) groups excluding carboxylic acids is 1. The molecule has 0 atom stereocenters. The van der Waals surface area contributed by atoms with Crippen LogP contribution in [0.3, 0.4) is 0 Å². The number of hydrogen-bond donors (Lipinski definition) is 1. The molecule has 0 saturated carbocycles. The Morgan fingerprint density at radius 2 is 1.96 bits per heavy atom. The predicted molar refractivity (Wildman–Crippen MR) is 89.7 cm³/mol. The highest BCUT2D eigenvalue weighted by Gasteiger charge is 2.21. The average molecular weight is 350 g/mol. The lowest BCUT2D eigenvalue weighted by Crippen LogP contribution is -2.39. The molecule has 0 fully saturated rings. The molecule has 0 saturated heterocycles. The minimum Gasteiger partial charge on any atom is -0.337 e. The monoisotopic (exact) mass is 350 g/mol. The van der Waals surface area contributed by atoms with Crippen molar-refractivity contribution in [3.8, 4) is 0 Å². The highest BCUT2D eigenvalue weighted by molar-refractivity contribution is 7.91. The summed E-state index contributed by atoms with van der Waals surface area (Å²) < 4.78 is 26.8. The Kier molecular flexibility index (Phi) is 4.79. The maximum Gasteiger partial charge on any atom is 0.250 e. The predicted octanol–water partition coefficient (Wildman–Crippen LogP) is 2.00. The molecule has 122 valence electrons. The minimum absolute atomic E-state index is 0.193. The van der Waals surface area contributed by atoms with Crippen molar-refractivity contribution in [3.05, 3.63) is 52.9 Å². The molecule has 1 aliphatic rings. The summed E-state index contributed by atoms with van der Waals surface area (Å²) in [5.41, 5.74) is 2.40. The van der Waals surface area contributed by atoms with Crippen molar-refractivity contribution in [2.75, 3.05) is 13.1 Å². The van der Waals surface area contributed by atoms with Crippen molar-refractivity contribution < 1.29 is 13.2 Å². The van der Waals surface area contributed by atoms with Gasteiger partial charge in [-0.15, -0.1) is 11.3 Å². The highest BCUT2D eigenvalue weighted by Crippen LogP contribution is 2.19. The van der Waals surface area contributed by atoms with Gasteiger partial charge in [0.15, 0.2) is 0 Å². The van der Waals surface area contributed by atoms with E-state index < -0.39 is 10.0 Å². The van der Waals surface area contributed by atoms with E-state index in [0.29, 0.717) is 13.1 Å². The van der Waals surface area contributed by atoms with Gasteiger partial charge < -0.3 is 4.90 Å². The largest absolute Gasteiger partial charge is 0.337 e. The number of benzene rings is 1. The van der Waals surface area contributed by atoms with Gasteiger partial charge in [0.2, 0.25) is 5.91 Å². The molecule has 23 heavy (non-hydrogen) atoms. The van der Waals surface area contributed by atoms with Gasteiger partial charge in [-0.1, -0.05) is 30.3 Å². The highest BCUT2D eigenvalue weighted by atomic mass is 32.2. The third kappa shape index (κ3) is 3.80. The Bertz CT molecular complexity index is 785. The van der Waals surface area contributed by atoms with E-state index in [1.807, 2.05) is 18.2 Å². The van der Waals surface area contributed by atoms with Crippen LogP contribution in [-0.4, -0.2) is 32.3 Å². The number of hydrogen-bond acceptors (Lipinski definition) is 4. The molecule has 0 spiro atoms. The van der Waals surface area contributed by atoms with E-state index in [1.165, 1.54) is 11.6 Å². The smallest absolute Gasteiger partial charge is 0.250 e. The molecule has 7 heteroatoms. The summed E-state index contributed by atoms with van der Waals surface area (Å²) in [6.45, 7) is 0.979. The fourth-order valence-electron chi connectivity index (χ4n) is 2.67. The molecule has 3 rings (SSSR count). The first kappa shape index (κ1) is 16.2. The Labute approximate surface area is 140 Å². The summed E-state index contributed by atoms with van der Waals surface area (Å²) in [5.74, 6) is -0.193. The molecule has 0 aliphatic carbocycles. The van der Waals surface area contributed by atoms with Gasteiger partial charge >= 0.3 is 0 Å². The lowest BCUT2D eigenvalue weighted by atomic mass is 10.0. The molecule has 1 aromatic carbocycles. The summed E-state index contributed by atoms with van der Waals surface area (Å²) in [6, 6.07) is 11.3. The standard InChI is InChI=1S/C16H18N2O3S2/c19-15(11-17-23(20,21)16-8-4-10-22-16)18-9-3-7-13-5-1-2-6-14(13)12-18/h1-2,4-6,8,10,17H,3,7,9,11-12H2. The first-order valence-electron chi connectivity index (χ1n) is 7.44. The van der Waals surface area contributed by atoms with E-state index >= 15 is 0 Å². The second kappa shape index (κ2) is 6.82. The summed E-state index contributed by atoms with van der Waals surface area (Å²) in [5, 5.41) is 1.70. The first-order valence-corrected chi connectivity index (χ1v) is 9.80. The normalized spacial score (nSPS) is 15.0. The topological polar surface area (TPSA) is 66.5 Å². The third-order valence-electron chi connectivity index (χ3n) is 3.88. The van der Waals surface area contributed by atoms with Crippen molar-refractivity contribution in [2.24, 2.45) is 0 Å². The maximum absolute atomic E-state index is 12.4. The number of sulfonamides is 1. The van der Waals surface area contributed by atoms with Gasteiger partial charge in [-0.2, -0.15) is 0 Å². The van der Waals surface area contributed by atoms with Crippen LogP contribution in [0.15, 0.2) is 46.0 Å². The lowest BCUT2D eigenvalue weighted by molar-refractivity contribution is -0.130. The fourth-order valence-corrected chi connectivity index (χ4v) is 4.68. The average Bonchev–Trinajstić information content (AvgIpc) is 3.00. The Balaban J connectivity index is 1.65. The van der Waals surface area contributed by atoms with Crippen LogP contribution in [0, 0.1) is 0 Å². The van der Waals surface area contributed by atoms with Crippen LogP contribution in [0.1, 0.15) is 17.5 Å². The van der Waals surface area contributed by atoms with Crippen molar-refractivity contribution in [2.45, 2.75) is 23.6 Å². The second-order valence-electron chi connectivity index (χ2n) is 5.44. The molecule has 0 bridgehead atoms. The lowest BCUT2D eigenvalue weighted by Gasteiger charge is -2.21. The number of rotatable bonds is 4. The molecule has 2 heterocycles. The molecule has 1 N–H and O–H groups in total. The molecule has 2 aromatic rings. The van der Waals surface area contributed by atoms with E-state index in [2.05, 4.69) is 10.8 Å². The van der Waals surface area contributed by atoms with E-state index in [9.17, 15) is 13.2 Å². The second-order valence-corrected chi connectivity index (χ2v) is 8.39. The zero-order chi connectivity index (χ0) is 16.3. The van der Waals surface area contributed by atoms with Gasteiger partial charge in [0.1, 0.15) is 4.21 Å². The number of thiophene rings is 1. The van der Waals surface area contributed by atoms with Crippen molar-refractivity contribution in [1.82, 2.24) is 9.62 Å². The first-order chi connectivity index (χ1) is 11.1. The van der Waals surface area contributed by atoms with Crippen LogP contribution < -0.4 is 4.72 Å². The molecular formula is C16H18N2O3S2. The number of fused-ring (bicyclic) bond motifs is 1. The van der Waals surface area contributed by atoms with Gasteiger partial charge in [-0.25, -0.2) is 13.1 Å². The quantitative estimate of drug-likeness (QED) is 0.917. The zero-order valence-electron chi connectivity index (χ0n) is 12.6. The molecule has 1 amide bonds. The Hall–Kier alpha value is -1.70. The zero-order valence-corrected chi connectivity index (χ0v) is 14.2. The molecule has 1 aromatic heterocycles. The summed E-state index contributed by atoms with van der Waals surface area (Å²) >= 11 is 1.14. The van der Waals surface area contributed by atoms with Gasteiger partial charge in [0, 0.05) is 13.1 Å². The van der Waals surface area contributed by atoms with Gasteiger partial charge in [0.05, 0.1) is 6.54 Å². The van der Waals surface area contributed by atoms with E-state index in [0.717, 1.165) is 29.7 Å². The SMILES string of the molecule is O=C(CNS(=O)(=O)c1cccs1)N1CCCc2ccccc2C1. The molecule has 0 unspecified atom stereocenters. The maximum atomic E-state index is 12.4. The Morgan fingerprint density at radius 1 is 1.17 bits per heavy atom. The van der Waals surface area contributed by atoms with Gasteiger partial charge in [-0.05, 0) is 35.4 Å².